The van der Waals surface area contributed by atoms with Gasteiger partial charge in [-0.3, -0.25) is 4.79 Å². The summed E-state index contributed by atoms with van der Waals surface area (Å²) >= 11 is 6.11. The normalized spacial score (nSPS) is 18.2. The molecular weight excluding hydrogens is 271 g/mol. The first-order valence-electron chi connectivity index (χ1n) is 5.95. The highest BCUT2D eigenvalue weighted by Crippen LogP contribution is 2.20. The maximum atomic E-state index is 12.0. The molecule has 1 amide bonds. The van der Waals surface area contributed by atoms with Gasteiger partial charge < -0.3 is 10.6 Å². The molecule has 0 bridgehead atoms. The molecule has 2 rings (SSSR count). The Balaban J connectivity index is 0.00000162. The van der Waals surface area contributed by atoms with Gasteiger partial charge in [0.2, 0.25) is 0 Å². The fourth-order valence-corrected chi connectivity index (χ4v) is 2.28. The molecule has 1 heterocycles. The Morgan fingerprint density at radius 1 is 1.56 bits per heavy atom. The number of aryl methyl sites for hydroxylation is 1. The zero-order valence-electron chi connectivity index (χ0n) is 10.3. The quantitative estimate of drug-likeness (QED) is 0.898. The van der Waals surface area contributed by atoms with Crippen LogP contribution in [0.2, 0.25) is 5.02 Å². The number of hydrogen-bond acceptors (Lipinski definition) is 2. The first-order chi connectivity index (χ1) is 8.18. The standard InChI is InChI=1S/C13H17ClN2O.ClH/c1-9-4-2-6-11(12(9)14)13(17)16-8-10-5-3-7-15-10;/h2,4,6,10,15H,3,5,7-8H2,1H3,(H,16,17);1H. The number of rotatable bonds is 3. The number of halogens is 2. The summed E-state index contributed by atoms with van der Waals surface area (Å²) in [5.74, 6) is -0.0904. The molecule has 100 valence electrons. The molecule has 1 saturated heterocycles. The largest absolute Gasteiger partial charge is 0.350 e. The monoisotopic (exact) mass is 288 g/mol. The van der Waals surface area contributed by atoms with Crippen LogP contribution in [0.25, 0.3) is 0 Å². The highest BCUT2D eigenvalue weighted by Gasteiger charge is 2.16. The first-order valence-corrected chi connectivity index (χ1v) is 6.33. The van der Waals surface area contributed by atoms with Crippen molar-refractivity contribution in [3.05, 3.63) is 34.3 Å². The fraction of sp³-hybridized carbons (Fsp3) is 0.462. The van der Waals surface area contributed by atoms with Crippen LogP contribution in [0.1, 0.15) is 28.8 Å². The Bertz CT molecular complexity index is 417. The van der Waals surface area contributed by atoms with Gasteiger partial charge in [0.05, 0.1) is 10.6 Å². The molecule has 1 aromatic rings. The van der Waals surface area contributed by atoms with Gasteiger partial charge >= 0.3 is 0 Å². The summed E-state index contributed by atoms with van der Waals surface area (Å²) in [6, 6.07) is 5.91. The van der Waals surface area contributed by atoms with Crippen molar-refractivity contribution in [3.63, 3.8) is 0 Å². The van der Waals surface area contributed by atoms with Crippen LogP contribution >= 0.6 is 24.0 Å². The lowest BCUT2D eigenvalue weighted by atomic mass is 10.1. The Labute approximate surface area is 119 Å². The molecule has 3 nitrogen and oxygen atoms in total. The molecule has 1 fully saturated rings. The molecule has 1 aliphatic heterocycles. The summed E-state index contributed by atoms with van der Waals surface area (Å²) in [5, 5.41) is 6.81. The van der Waals surface area contributed by atoms with Crippen LogP contribution in [-0.4, -0.2) is 25.0 Å². The number of benzene rings is 1. The van der Waals surface area contributed by atoms with Crippen molar-refractivity contribution in [2.75, 3.05) is 13.1 Å². The maximum absolute atomic E-state index is 12.0. The highest BCUT2D eigenvalue weighted by atomic mass is 35.5. The second-order valence-electron chi connectivity index (χ2n) is 4.44. The second-order valence-corrected chi connectivity index (χ2v) is 4.82. The number of nitrogens with one attached hydrogen (secondary N) is 2. The van der Waals surface area contributed by atoms with E-state index in [1.807, 2.05) is 19.1 Å². The molecule has 5 heteroatoms. The number of hydrogen-bond donors (Lipinski definition) is 2. The molecule has 0 spiro atoms. The van der Waals surface area contributed by atoms with E-state index in [-0.39, 0.29) is 18.3 Å². The molecule has 1 aromatic carbocycles. The van der Waals surface area contributed by atoms with E-state index in [0.29, 0.717) is 23.2 Å². The molecule has 18 heavy (non-hydrogen) atoms. The summed E-state index contributed by atoms with van der Waals surface area (Å²) in [7, 11) is 0. The van der Waals surface area contributed by atoms with Crippen LogP contribution in [0, 0.1) is 6.92 Å². The molecule has 0 radical (unpaired) electrons. The summed E-state index contributed by atoms with van der Waals surface area (Å²) in [6.45, 7) is 3.62. The van der Waals surface area contributed by atoms with Crippen LogP contribution in [0.15, 0.2) is 18.2 Å². The lowest BCUT2D eigenvalue weighted by Crippen LogP contribution is -2.37. The van der Waals surface area contributed by atoms with E-state index in [9.17, 15) is 4.79 Å². The average molecular weight is 289 g/mol. The molecule has 0 saturated carbocycles. The van der Waals surface area contributed by atoms with Gasteiger partial charge in [-0.15, -0.1) is 12.4 Å². The lowest BCUT2D eigenvalue weighted by Gasteiger charge is -2.12. The molecule has 0 aromatic heterocycles. The van der Waals surface area contributed by atoms with E-state index >= 15 is 0 Å². The van der Waals surface area contributed by atoms with Crippen LogP contribution in [0.4, 0.5) is 0 Å². The predicted octanol–water partition coefficient (Wildman–Crippen LogP) is 2.55. The topological polar surface area (TPSA) is 41.1 Å². The smallest absolute Gasteiger partial charge is 0.252 e. The summed E-state index contributed by atoms with van der Waals surface area (Å²) in [5.41, 5.74) is 1.49. The minimum Gasteiger partial charge on any atom is -0.350 e. The van der Waals surface area contributed by atoms with E-state index in [1.54, 1.807) is 6.07 Å². The van der Waals surface area contributed by atoms with E-state index in [2.05, 4.69) is 10.6 Å². The van der Waals surface area contributed by atoms with Gasteiger partial charge in [-0.1, -0.05) is 23.7 Å². The van der Waals surface area contributed by atoms with Gasteiger partial charge in [-0.05, 0) is 37.9 Å². The van der Waals surface area contributed by atoms with E-state index in [1.165, 1.54) is 6.42 Å². The highest BCUT2D eigenvalue weighted by molar-refractivity contribution is 6.34. The van der Waals surface area contributed by atoms with Crippen LogP contribution < -0.4 is 10.6 Å². The molecule has 1 aliphatic rings. The van der Waals surface area contributed by atoms with Crippen molar-refractivity contribution < 1.29 is 4.79 Å². The van der Waals surface area contributed by atoms with E-state index in [4.69, 9.17) is 11.6 Å². The van der Waals surface area contributed by atoms with Crippen LogP contribution in [-0.2, 0) is 0 Å². The minimum atomic E-state index is -0.0904. The van der Waals surface area contributed by atoms with E-state index < -0.39 is 0 Å². The Hall–Kier alpha value is -0.770. The Morgan fingerprint density at radius 3 is 3.00 bits per heavy atom. The lowest BCUT2D eigenvalue weighted by molar-refractivity contribution is 0.0950. The average Bonchev–Trinajstić information content (AvgIpc) is 2.82. The minimum absolute atomic E-state index is 0. The second kappa shape index (κ2) is 6.98. The fourth-order valence-electron chi connectivity index (χ4n) is 2.06. The van der Waals surface area contributed by atoms with Gasteiger partial charge in [0.25, 0.3) is 5.91 Å². The summed E-state index contributed by atoms with van der Waals surface area (Å²) in [4.78, 5) is 12.0. The molecule has 1 unspecified atom stereocenters. The van der Waals surface area contributed by atoms with Gasteiger partial charge in [0.15, 0.2) is 0 Å². The zero-order valence-corrected chi connectivity index (χ0v) is 11.9. The number of carbonyl (C=O) groups excluding carboxylic acids is 1. The van der Waals surface area contributed by atoms with Crippen molar-refractivity contribution >= 4 is 29.9 Å². The third-order valence-electron chi connectivity index (χ3n) is 3.11. The SMILES string of the molecule is Cc1cccc(C(=O)NCC2CCCN2)c1Cl.Cl. The van der Waals surface area contributed by atoms with Crippen LogP contribution in [0.5, 0.6) is 0 Å². The van der Waals surface area contributed by atoms with Crippen LogP contribution in [0.3, 0.4) is 0 Å². The summed E-state index contributed by atoms with van der Waals surface area (Å²) < 4.78 is 0. The first kappa shape index (κ1) is 15.3. The molecule has 1 atom stereocenters. The molecule has 0 aliphatic carbocycles. The number of amides is 1. The van der Waals surface area contributed by atoms with Gasteiger partial charge in [-0.2, -0.15) is 0 Å². The van der Waals surface area contributed by atoms with Gasteiger partial charge in [0.1, 0.15) is 0 Å². The zero-order chi connectivity index (χ0) is 12.3. The third kappa shape index (κ3) is 3.61. The Morgan fingerprint density at radius 2 is 2.33 bits per heavy atom. The van der Waals surface area contributed by atoms with Gasteiger partial charge in [0, 0.05) is 12.6 Å². The van der Waals surface area contributed by atoms with Crippen molar-refractivity contribution in [3.8, 4) is 0 Å². The van der Waals surface area contributed by atoms with Crippen molar-refractivity contribution in [1.82, 2.24) is 10.6 Å². The van der Waals surface area contributed by atoms with Crippen molar-refractivity contribution in [1.29, 1.82) is 0 Å². The molecular formula is C13H18Cl2N2O. The van der Waals surface area contributed by atoms with Gasteiger partial charge in [-0.25, -0.2) is 0 Å². The van der Waals surface area contributed by atoms with Crippen molar-refractivity contribution in [2.45, 2.75) is 25.8 Å². The molecule has 2 N–H and O–H groups in total. The summed E-state index contributed by atoms with van der Waals surface area (Å²) in [6.07, 6.45) is 2.31. The maximum Gasteiger partial charge on any atom is 0.252 e. The van der Waals surface area contributed by atoms with Crippen molar-refractivity contribution in [2.24, 2.45) is 0 Å². The third-order valence-corrected chi connectivity index (χ3v) is 3.61. The number of carbonyl (C=O) groups is 1. The Kier molecular flexibility index (Phi) is 5.93. The van der Waals surface area contributed by atoms with E-state index in [0.717, 1.165) is 18.5 Å². The predicted molar refractivity (Wildman–Crippen MR) is 76.8 cm³/mol.